The van der Waals surface area contributed by atoms with Crippen LogP contribution in [0.1, 0.15) is 42.5 Å². The van der Waals surface area contributed by atoms with E-state index in [0.29, 0.717) is 25.3 Å². The largest absolute Gasteiger partial charge is 0.468 e. The number of hydrogen-bond acceptors (Lipinski definition) is 10. The van der Waals surface area contributed by atoms with Crippen LogP contribution >= 0.6 is 11.8 Å². The summed E-state index contributed by atoms with van der Waals surface area (Å²) < 4.78 is 26.6. The van der Waals surface area contributed by atoms with Gasteiger partial charge in [-0.1, -0.05) is 30.3 Å². The van der Waals surface area contributed by atoms with Crippen LogP contribution in [0, 0.1) is 19.8 Å². The van der Waals surface area contributed by atoms with Crippen LogP contribution in [0.5, 0.6) is 5.75 Å². The molecule has 0 saturated carbocycles. The quantitative estimate of drug-likeness (QED) is 0.288. The van der Waals surface area contributed by atoms with Gasteiger partial charge in [0.05, 0.1) is 31.1 Å². The molecule has 47 heavy (non-hydrogen) atoms. The molecule has 5 rings (SSSR count). The van der Waals surface area contributed by atoms with Crippen LogP contribution in [-0.2, 0) is 41.5 Å². The van der Waals surface area contributed by atoms with E-state index in [1.807, 2.05) is 45.9 Å². The van der Waals surface area contributed by atoms with Crippen molar-refractivity contribution in [2.45, 2.75) is 82.4 Å². The highest BCUT2D eigenvalue weighted by atomic mass is 32.2. The first-order chi connectivity index (χ1) is 22.5. The summed E-state index contributed by atoms with van der Waals surface area (Å²) in [5.41, 5.74) is 3.88. The maximum atomic E-state index is 14.0. The average Bonchev–Trinajstić information content (AvgIpc) is 3.74. The molecule has 3 heterocycles. The summed E-state index contributed by atoms with van der Waals surface area (Å²) in [7, 11) is 1.53. The number of carbonyl (C=O) groups excluding carboxylic acids is 3. The lowest BCUT2D eigenvalue weighted by molar-refractivity contribution is -0.147. The van der Waals surface area contributed by atoms with Crippen molar-refractivity contribution in [3.05, 3.63) is 64.7 Å². The maximum Gasteiger partial charge on any atom is 0.407 e. The summed E-state index contributed by atoms with van der Waals surface area (Å²) in [4.78, 5) is 42.3. The highest BCUT2D eigenvalue weighted by Crippen LogP contribution is 2.40. The van der Waals surface area contributed by atoms with Crippen molar-refractivity contribution in [2.24, 2.45) is 5.92 Å². The summed E-state index contributed by atoms with van der Waals surface area (Å²) in [6.45, 7) is 8.94. The van der Waals surface area contributed by atoms with Crippen LogP contribution in [-0.4, -0.2) is 96.2 Å². The lowest BCUT2D eigenvalue weighted by Crippen LogP contribution is -2.58. The molecule has 2 aromatic carbocycles. The second kappa shape index (κ2) is 15.2. The van der Waals surface area contributed by atoms with Gasteiger partial charge in [0, 0.05) is 18.4 Å². The summed E-state index contributed by atoms with van der Waals surface area (Å²) >= 11 is 1.46. The molecular weight excluding hydrogens is 626 g/mol. The minimum absolute atomic E-state index is 0.0722. The van der Waals surface area contributed by atoms with E-state index in [-0.39, 0.29) is 37.5 Å². The Labute approximate surface area is 279 Å². The van der Waals surface area contributed by atoms with Crippen molar-refractivity contribution in [2.75, 3.05) is 33.0 Å². The fourth-order valence-corrected chi connectivity index (χ4v) is 7.51. The van der Waals surface area contributed by atoms with Crippen LogP contribution in [0.4, 0.5) is 4.79 Å². The maximum absolute atomic E-state index is 14.0. The molecule has 13 heteroatoms. The summed E-state index contributed by atoms with van der Waals surface area (Å²) in [5.74, 6) is -0.258. The van der Waals surface area contributed by atoms with E-state index < -0.39 is 47.3 Å². The summed E-state index contributed by atoms with van der Waals surface area (Å²) in [6, 6.07) is 11.1. The molecule has 0 aromatic heterocycles. The fraction of sp³-hybridized carbons (Fsp3) is 0.559. The lowest BCUT2D eigenvalue weighted by Gasteiger charge is -2.33. The number of methoxy groups -OCH3 is 1. The number of benzene rings is 2. The minimum atomic E-state index is -1.67. The molecule has 3 amide bonds. The van der Waals surface area contributed by atoms with Crippen molar-refractivity contribution < 1.29 is 43.2 Å². The van der Waals surface area contributed by atoms with Gasteiger partial charge in [0.2, 0.25) is 5.91 Å². The van der Waals surface area contributed by atoms with Gasteiger partial charge in [0.25, 0.3) is 5.91 Å². The Morgan fingerprint density at radius 1 is 1.11 bits per heavy atom. The molecule has 3 N–H and O–H groups in total. The zero-order valence-electron chi connectivity index (χ0n) is 27.5. The van der Waals surface area contributed by atoms with Crippen LogP contribution in [0.3, 0.4) is 0 Å². The number of hydrogen-bond donors (Lipinski definition) is 3. The Hall–Kier alpha value is -3.36. The predicted molar refractivity (Wildman–Crippen MR) is 175 cm³/mol. The van der Waals surface area contributed by atoms with Crippen LogP contribution in [0.25, 0.3) is 0 Å². The summed E-state index contributed by atoms with van der Waals surface area (Å²) in [6.07, 6.45) is -2.53. The third kappa shape index (κ3) is 8.21. The Morgan fingerprint density at radius 3 is 2.53 bits per heavy atom. The number of carbonyl (C=O) groups is 3. The zero-order valence-corrected chi connectivity index (χ0v) is 28.3. The number of ether oxygens (including phenoxy) is 5. The molecule has 0 bridgehead atoms. The Kier molecular flexibility index (Phi) is 11.3. The van der Waals surface area contributed by atoms with Crippen molar-refractivity contribution >= 4 is 29.7 Å². The van der Waals surface area contributed by atoms with Crippen molar-refractivity contribution in [1.29, 1.82) is 0 Å². The molecule has 0 spiro atoms. The first kappa shape index (κ1) is 35.0. The average molecular weight is 672 g/mol. The van der Waals surface area contributed by atoms with Crippen LogP contribution in [0.15, 0.2) is 42.5 Å². The fourth-order valence-electron chi connectivity index (χ4n) is 6.37. The molecule has 3 aliphatic heterocycles. The third-order valence-electron chi connectivity index (χ3n) is 9.06. The first-order valence-electron chi connectivity index (χ1n) is 15.8. The van der Waals surface area contributed by atoms with Gasteiger partial charge in [-0.3, -0.25) is 9.59 Å². The number of aryl methyl sites for hydroxylation is 2. The SMILES string of the molecule is COCOc1ccc(C[C@H](NC(=O)O[C@H]2CO[C@H]3OCC[C@H]32)[C@H](O)C(=O)N2CSC(C)(C)[C@H]2C(=O)NCc2c(C)cccc2C)cc1. The monoisotopic (exact) mass is 671 g/mol. The second-order valence-electron chi connectivity index (χ2n) is 12.7. The van der Waals surface area contributed by atoms with E-state index in [9.17, 15) is 19.5 Å². The number of nitrogens with zero attached hydrogens (tertiary/aromatic N) is 1. The number of nitrogens with one attached hydrogen (secondary N) is 2. The van der Waals surface area contributed by atoms with Crippen molar-refractivity contribution in [1.82, 2.24) is 15.5 Å². The first-order valence-corrected chi connectivity index (χ1v) is 16.8. The molecule has 2 aromatic rings. The highest BCUT2D eigenvalue weighted by Gasteiger charge is 2.50. The number of amides is 3. The minimum Gasteiger partial charge on any atom is -0.468 e. The molecule has 256 valence electrons. The van der Waals surface area contributed by atoms with Gasteiger partial charge in [-0.05, 0) is 74.9 Å². The van der Waals surface area contributed by atoms with Gasteiger partial charge in [-0.25, -0.2) is 4.79 Å². The Balaban J connectivity index is 1.31. The molecule has 6 atom stereocenters. The van der Waals surface area contributed by atoms with E-state index >= 15 is 0 Å². The summed E-state index contributed by atoms with van der Waals surface area (Å²) in [5, 5.41) is 17.3. The van der Waals surface area contributed by atoms with Crippen molar-refractivity contribution in [3.8, 4) is 5.75 Å². The molecule has 0 radical (unpaired) electrons. The number of fused-ring (bicyclic) bond motifs is 1. The predicted octanol–water partition coefficient (Wildman–Crippen LogP) is 3.04. The topological polar surface area (TPSA) is 145 Å². The van der Waals surface area contributed by atoms with Crippen molar-refractivity contribution in [3.63, 3.8) is 0 Å². The van der Waals surface area contributed by atoms with Gasteiger partial charge in [-0.15, -0.1) is 11.8 Å². The second-order valence-corrected chi connectivity index (χ2v) is 14.3. The Bertz CT molecular complexity index is 1400. The smallest absolute Gasteiger partial charge is 0.407 e. The molecule has 0 unspecified atom stereocenters. The molecule has 0 aliphatic carbocycles. The number of rotatable bonds is 12. The standard InChI is InChI=1S/C34H45N3O9S/c1-20-7-6-8-21(2)25(20)16-35-30(39)29-34(3,4)47-18-37(29)31(40)28(38)26(15-22-9-11-23(12-10-22)45-19-42-5)36-33(41)46-27-17-44-32-24(27)13-14-43-32/h6-12,24,26-29,32,38H,13-19H2,1-5H3,(H,35,39)(H,36,41)/t24-,26-,27-,28-,29+,32+/m0/s1. The third-order valence-corrected chi connectivity index (χ3v) is 10.4. The van der Waals surface area contributed by atoms with Gasteiger partial charge < -0.3 is 44.3 Å². The number of aliphatic hydroxyl groups is 1. The molecule has 3 fully saturated rings. The Morgan fingerprint density at radius 2 is 1.83 bits per heavy atom. The highest BCUT2D eigenvalue weighted by molar-refractivity contribution is 8.00. The van der Waals surface area contributed by atoms with E-state index in [0.717, 1.165) is 22.3 Å². The number of thioether (sulfide) groups is 1. The van der Waals surface area contributed by atoms with Gasteiger partial charge in [0.1, 0.15) is 17.9 Å². The molecule has 12 nitrogen and oxygen atoms in total. The van der Waals surface area contributed by atoms with Gasteiger partial charge in [-0.2, -0.15) is 0 Å². The van der Waals surface area contributed by atoms with E-state index in [1.165, 1.54) is 23.8 Å². The van der Waals surface area contributed by atoms with E-state index in [2.05, 4.69) is 10.6 Å². The molecular formula is C34H45N3O9S. The van der Waals surface area contributed by atoms with Gasteiger partial charge >= 0.3 is 6.09 Å². The van der Waals surface area contributed by atoms with Crippen LogP contribution in [0.2, 0.25) is 0 Å². The van der Waals surface area contributed by atoms with E-state index in [1.54, 1.807) is 24.3 Å². The zero-order chi connectivity index (χ0) is 33.7. The number of aliphatic hydroxyl groups excluding tert-OH is 1. The van der Waals surface area contributed by atoms with E-state index in [4.69, 9.17) is 23.7 Å². The number of alkyl carbamates (subject to hydrolysis) is 1. The molecule has 3 saturated heterocycles. The lowest BCUT2D eigenvalue weighted by atomic mass is 9.97. The normalized spacial score (nSPS) is 24.3. The van der Waals surface area contributed by atoms with Crippen LogP contribution < -0.4 is 15.4 Å². The molecule has 3 aliphatic rings. The van der Waals surface area contributed by atoms with Gasteiger partial charge in [0.15, 0.2) is 19.2 Å².